The second kappa shape index (κ2) is 7.69. The van der Waals surface area contributed by atoms with Crippen LogP contribution in [0.1, 0.15) is 70.4 Å². The number of rotatable bonds is 6. The maximum absolute atomic E-state index is 4.92. The van der Waals surface area contributed by atoms with Crippen LogP contribution in [0.15, 0.2) is 24.4 Å². The molecule has 0 radical (unpaired) electrons. The highest BCUT2D eigenvalue weighted by Gasteiger charge is 2.20. The van der Waals surface area contributed by atoms with E-state index in [0.717, 1.165) is 18.0 Å². The number of likely N-dealkylation sites (tertiary alicyclic amines) is 1. The molecular weight excluding hydrogens is 294 g/mol. The highest BCUT2D eigenvalue weighted by Crippen LogP contribution is 2.28. The summed E-state index contributed by atoms with van der Waals surface area (Å²) in [5.74, 6) is 1.45. The van der Waals surface area contributed by atoms with E-state index >= 15 is 0 Å². The first-order valence-corrected chi connectivity index (χ1v) is 9.74. The Kier molecular flexibility index (Phi) is 5.60. The van der Waals surface area contributed by atoms with Crippen molar-refractivity contribution in [2.75, 3.05) is 20.1 Å². The Balaban J connectivity index is 1.73. The van der Waals surface area contributed by atoms with E-state index in [-0.39, 0.29) is 0 Å². The van der Waals surface area contributed by atoms with Crippen molar-refractivity contribution >= 4 is 10.9 Å². The average molecular weight is 328 g/mol. The number of nitrogens with zero attached hydrogens (tertiary/aromatic N) is 3. The average Bonchev–Trinajstić information content (AvgIpc) is 3.02. The Bertz CT molecular complexity index is 660. The topological polar surface area (TPSA) is 21.1 Å². The molecule has 1 saturated heterocycles. The zero-order chi connectivity index (χ0) is 17.1. The lowest BCUT2D eigenvalue weighted by Gasteiger charge is -2.29. The van der Waals surface area contributed by atoms with Crippen LogP contribution in [0.5, 0.6) is 0 Å². The summed E-state index contributed by atoms with van der Waals surface area (Å²) in [6, 6.07) is 7.42. The van der Waals surface area contributed by atoms with E-state index in [9.17, 15) is 0 Å². The third-order valence-electron chi connectivity index (χ3n) is 5.88. The van der Waals surface area contributed by atoms with Gasteiger partial charge >= 0.3 is 0 Å². The maximum atomic E-state index is 4.92. The molecule has 132 valence electrons. The van der Waals surface area contributed by atoms with Crippen molar-refractivity contribution in [3.05, 3.63) is 30.0 Å². The van der Waals surface area contributed by atoms with Gasteiger partial charge in [-0.3, -0.25) is 4.68 Å². The first kappa shape index (κ1) is 17.5. The molecule has 1 fully saturated rings. The van der Waals surface area contributed by atoms with E-state index in [1.807, 2.05) is 0 Å². The van der Waals surface area contributed by atoms with Gasteiger partial charge in [0.1, 0.15) is 0 Å². The molecule has 0 saturated carbocycles. The molecule has 3 heteroatoms. The van der Waals surface area contributed by atoms with Crippen LogP contribution >= 0.6 is 0 Å². The number of likely N-dealkylation sites (N-methyl/N-ethyl adjacent to an activating group) is 1. The predicted molar refractivity (Wildman–Crippen MR) is 103 cm³/mol. The van der Waals surface area contributed by atoms with E-state index in [4.69, 9.17) is 5.10 Å². The van der Waals surface area contributed by atoms with E-state index in [2.05, 4.69) is 61.8 Å². The van der Waals surface area contributed by atoms with Crippen molar-refractivity contribution in [2.45, 2.75) is 64.8 Å². The summed E-state index contributed by atoms with van der Waals surface area (Å²) in [4.78, 5) is 2.42. The minimum absolute atomic E-state index is 0.530. The third-order valence-corrected chi connectivity index (χ3v) is 5.88. The minimum atomic E-state index is 0.530. The fourth-order valence-electron chi connectivity index (χ4n) is 3.81. The smallest absolute Gasteiger partial charge is 0.0926 e. The number of hydrogen-bond donors (Lipinski definition) is 0. The van der Waals surface area contributed by atoms with Crippen LogP contribution in [0.3, 0.4) is 0 Å². The Morgan fingerprint density at radius 1 is 1.25 bits per heavy atom. The van der Waals surface area contributed by atoms with E-state index < -0.39 is 0 Å². The van der Waals surface area contributed by atoms with Crippen LogP contribution in [0.25, 0.3) is 10.9 Å². The summed E-state index contributed by atoms with van der Waals surface area (Å²) < 4.78 is 2.22. The molecule has 0 bridgehead atoms. The molecule has 0 N–H and O–H groups in total. The molecule has 2 aromatic rings. The molecule has 0 amide bonds. The Morgan fingerprint density at radius 3 is 2.83 bits per heavy atom. The van der Waals surface area contributed by atoms with Gasteiger partial charge in [-0.05, 0) is 56.3 Å². The molecule has 2 heterocycles. The van der Waals surface area contributed by atoms with Crippen molar-refractivity contribution in [3.63, 3.8) is 0 Å². The molecular formula is C21H33N3. The quantitative estimate of drug-likeness (QED) is 0.724. The normalized spacial score (nSPS) is 21.9. The molecule has 1 aliphatic heterocycles. The zero-order valence-electron chi connectivity index (χ0n) is 15.8. The Labute approximate surface area is 147 Å². The van der Waals surface area contributed by atoms with Crippen LogP contribution in [0.4, 0.5) is 0 Å². The summed E-state index contributed by atoms with van der Waals surface area (Å²) in [6.45, 7) is 9.34. The summed E-state index contributed by atoms with van der Waals surface area (Å²) in [5.41, 5.74) is 2.60. The highest BCUT2D eigenvalue weighted by molar-refractivity contribution is 5.78. The molecule has 3 atom stereocenters. The number of hydrogen-bond acceptors (Lipinski definition) is 2. The predicted octanol–water partition coefficient (Wildman–Crippen LogP) is 5.23. The summed E-state index contributed by atoms with van der Waals surface area (Å²) >= 11 is 0. The fourth-order valence-corrected chi connectivity index (χ4v) is 3.81. The molecule has 1 unspecified atom stereocenters. The van der Waals surface area contributed by atoms with Gasteiger partial charge in [0.05, 0.1) is 11.6 Å². The zero-order valence-corrected chi connectivity index (χ0v) is 15.8. The van der Waals surface area contributed by atoms with E-state index in [0.29, 0.717) is 12.0 Å². The van der Waals surface area contributed by atoms with Crippen molar-refractivity contribution in [3.8, 4) is 0 Å². The number of benzene rings is 1. The summed E-state index contributed by atoms with van der Waals surface area (Å²) in [5, 5.41) is 6.19. The van der Waals surface area contributed by atoms with Gasteiger partial charge in [0, 0.05) is 18.1 Å². The monoisotopic (exact) mass is 327 g/mol. The molecule has 3 rings (SSSR count). The number of piperidine rings is 1. The first-order chi connectivity index (χ1) is 11.6. The van der Waals surface area contributed by atoms with Gasteiger partial charge in [-0.2, -0.15) is 5.10 Å². The molecule has 1 aromatic heterocycles. The first-order valence-electron chi connectivity index (χ1n) is 9.74. The fraction of sp³-hybridized carbons (Fsp3) is 0.667. The molecule has 1 aromatic carbocycles. The van der Waals surface area contributed by atoms with Crippen LogP contribution < -0.4 is 0 Å². The maximum Gasteiger partial charge on any atom is 0.0926 e. The lowest BCUT2D eigenvalue weighted by atomic mass is 9.91. The van der Waals surface area contributed by atoms with Crippen molar-refractivity contribution in [1.82, 2.24) is 14.7 Å². The standard InChI is InChI=1S/C21H33N3/c1-5-16(2)8-9-17(3)18-10-11-19-14-24(22-21(19)13-18)20-7-6-12-23(4)15-20/h10-11,13-14,16-17,20H,5-9,12,15H2,1-4H3/t16-,17-,20?/m1/s1. The van der Waals surface area contributed by atoms with Crippen LogP contribution in [-0.4, -0.2) is 34.8 Å². The van der Waals surface area contributed by atoms with Gasteiger partial charge in [0.15, 0.2) is 0 Å². The van der Waals surface area contributed by atoms with Crippen LogP contribution in [0.2, 0.25) is 0 Å². The Hall–Kier alpha value is -1.35. The number of aromatic nitrogens is 2. The van der Waals surface area contributed by atoms with Crippen LogP contribution in [0, 0.1) is 5.92 Å². The lowest BCUT2D eigenvalue weighted by Crippen LogP contribution is -2.33. The van der Waals surface area contributed by atoms with Crippen molar-refractivity contribution in [1.29, 1.82) is 0 Å². The SMILES string of the molecule is CC[C@@H](C)CC[C@@H](C)c1ccc2cn(C3CCCN(C)C3)nc2c1. The third kappa shape index (κ3) is 4.00. The second-order valence-electron chi connectivity index (χ2n) is 7.98. The van der Waals surface area contributed by atoms with Gasteiger partial charge in [-0.15, -0.1) is 0 Å². The summed E-state index contributed by atoms with van der Waals surface area (Å²) in [6.07, 6.45) is 8.64. The molecule has 0 aliphatic carbocycles. The Morgan fingerprint density at radius 2 is 2.08 bits per heavy atom. The number of fused-ring (bicyclic) bond motifs is 1. The highest BCUT2D eigenvalue weighted by atomic mass is 15.3. The largest absolute Gasteiger partial charge is 0.304 e. The van der Waals surface area contributed by atoms with Crippen molar-refractivity contribution in [2.24, 2.45) is 5.92 Å². The summed E-state index contributed by atoms with van der Waals surface area (Å²) in [7, 11) is 2.21. The van der Waals surface area contributed by atoms with E-state index in [1.54, 1.807) is 0 Å². The van der Waals surface area contributed by atoms with Crippen molar-refractivity contribution < 1.29 is 0 Å². The van der Waals surface area contributed by atoms with Gasteiger partial charge in [0.2, 0.25) is 0 Å². The molecule has 1 aliphatic rings. The second-order valence-corrected chi connectivity index (χ2v) is 7.98. The minimum Gasteiger partial charge on any atom is -0.304 e. The van der Waals surface area contributed by atoms with Gasteiger partial charge < -0.3 is 4.90 Å². The van der Waals surface area contributed by atoms with Gasteiger partial charge in [-0.25, -0.2) is 0 Å². The lowest BCUT2D eigenvalue weighted by molar-refractivity contribution is 0.203. The van der Waals surface area contributed by atoms with E-state index in [1.165, 1.54) is 49.6 Å². The van der Waals surface area contributed by atoms with Gasteiger partial charge in [-0.1, -0.05) is 45.7 Å². The molecule has 24 heavy (non-hydrogen) atoms. The molecule has 3 nitrogen and oxygen atoms in total. The molecule has 0 spiro atoms. The van der Waals surface area contributed by atoms with Gasteiger partial charge in [0.25, 0.3) is 0 Å². The van der Waals surface area contributed by atoms with Crippen LogP contribution in [-0.2, 0) is 0 Å².